The summed E-state index contributed by atoms with van der Waals surface area (Å²) in [6.45, 7) is 4.89. The van der Waals surface area contributed by atoms with E-state index < -0.39 is 10.8 Å². The predicted molar refractivity (Wildman–Crippen MR) is 127 cm³/mol. The Balaban J connectivity index is 1.56. The largest absolute Gasteiger partial charge is 0.494 e. The van der Waals surface area contributed by atoms with Gasteiger partial charge in [0, 0.05) is 34.6 Å². The van der Waals surface area contributed by atoms with Crippen LogP contribution < -0.4 is 15.4 Å². The van der Waals surface area contributed by atoms with Crippen molar-refractivity contribution in [3.8, 4) is 5.75 Å². The first kappa shape index (κ1) is 23.5. The van der Waals surface area contributed by atoms with E-state index in [0.29, 0.717) is 40.8 Å². The highest BCUT2D eigenvalue weighted by molar-refractivity contribution is 6.06. The van der Waals surface area contributed by atoms with Gasteiger partial charge in [-0.05, 0) is 66.9 Å². The van der Waals surface area contributed by atoms with Crippen molar-refractivity contribution >= 4 is 28.9 Å². The quantitative estimate of drug-likeness (QED) is 0.331. The molecule has 3 rings (SSSR count). The number of carbonyl (C=O) groups excluding carboxylic acids is 2. The van der Waals surface area contributed by atoms with Crippen LogP contribution in [0, 0.1) is 16.0 Å². The number of nitro groups is 1. The third-order valence-corrected chi connectivity index (χ3v) is 4.80. The van der Waals surface area contributed by atoms with Gasteiger partial charge < -0.3 is 15.4 Å². The summed E-state index contributed by atoms with van der Waals surface area (Å²) in [6.07, 6.45) is 0.960. The van der Waals surface area contributed by atoms with Gasteiger partial charge in [-0.3, -0.25) is 19.7 Å². The van der Waals surface area contributed by atoms with Crippen LogP contribution in [0.15, 0.2) is 72.8 Å². The number of hydrogen-bond acceptors (Lipinski definition) is 5. The summed E-state index contributed by atoms with van der Waals surface area (Å²) in [7, 11) is 0. The van der Waals surface area contributed by atoms with Gasteiger partial charge in [0.2, 0.25) is 0 Å². The molecule has 8 nitrogen and oxygen atoms in total. The Morgan fingerprint density at radius 1 is 0.879 bits per heavy atom. The molecular formula is C25H25N3O5. The summed E-state index contributed by atoms with van der Waals surface area (Å²) < 4.78 is 5.66. The van der Waals surface area contributed by atoms with Gasteiger partial charge in [-0.15, -0.1) is 0 Å². The van der Waals surface area contributed by atoms with E-state index in [-0.39, 0.29) is 11.6 Å². The Bertz CT molecular complexity index is 1130. The van der Waals surface area contributed by atoms with E-state index in [1.807, 2.05) is 0 Å². The second-order valence-electron chi connectivity index (χ2n) is 7.85. The molecule has 0 bridgehead atoms. The zero-order valence-electron chi connectivity index (χ0n) is 18.4. The van der Waals surface area contributed by atoms with E-state index >= 15 is 0 Å². The first-order chi connectivity index (χ1) is 15.8. The van der Waals surface area contributed by atoms with Crippen LogP contribution in [0.3, 0.4) is 0 Å². The standard InChI is InChI=1S/C25H25N3O5/c1-17(2)14-15-33-23-12-8-19(9-13-23)24(29)26-20-10-6-18(7-11-20)25(30)27-21-4-3-5-22(16-21)28(31)32/h3-13,16-17H,14-15H2,1-2H3,(H,26,29)(H,27,30). The maximum atomic E-state index is 12.5. The Morgan fingerprint density at radius 2 is 1.45 bits per heavy atom. The third-order valence-electron chi connectivity index (χ3n) is 4.80. The van der Waals surface area contributed by atoms with Crippen molar-refractivity contribution in [3.05, 3.63) is 94.0 Å². The second kappa shape index (κ2) is 10.9. The molecular weight excluding hydrogens is 422 g/mol. The maximum Gasteiger partial charge on any atom is 0.271 e. The van der Waals surface area contributed by atoms with Gasteiger partial charge in [0.25, 0.3) is 17.5 Å². The van der Waals surface area contributed by atoms with Gasteiger partial charge in [-0.1, -0.05) is 19.9 Å². The monoisotopic (exact) mass is 447 g/mol. The van der Waals surface area contributed by atoms with Crippen LogP contribution in [0.1, 0.15) is 41.0 Å². The molecule has 0 saturated carbocycles. The van der Waals surface area contributed by atoms with Crippen LogP contribution >= 0.6 is 0 Å². The van der Waals surface area contributed by atoms with Crippen molar-refractivity contribution in [1.82, 2.24) is 0 Å². The fourth-order valence-corrected chi connectivity index (χ4v) is 2.92. The molecule has 0 aliphatic heterocycles. The fraction of sp³-hybridized carbons (Fsp3) is 0.200. The maximum absolute atomic E-state index is 12.5. The molecule has 2 amide bonds. The van der Waals surface area contributed by atoms with Gasteiger partial charge in [-0.25, -0.2) is 0 Å². The van der Waals surface area contributed by atoms with E-state index in [4.69, 9.17) is 4.74 Å². The number of anilines is 2. The molecule has 0 aliphatic rings. The number of nitro benzene ring substituents is 1. The minimum absolute atomic E-state index is 0.110. The van der Waals surface area contributed by atoms with Crippen molar-refractivity contribution in [2.75, 3.05) is 17.2 Å². The van der Waals surface area contributed by atoms with Gasteiger partial charge in [0.1, 0.15) is 5.75 Å². The van der Waals surface area contributed by atoms with E-state index in [9.17, 15) is 19.7 Å². The number of rotatable bonds is 9. The average Bonchev–Trinajstić information content (AvgIpc) is 2.80. The Labute approximate surface area is 191 Å². The van der Waals surface area contributed by atoms with Crippen molar-refractivity contribution in [2.24, 2.45) is 5.92 Å². The number of non-ortho nitro benzene ring substituents is 1. The molecule has 0 aromatic heterocycles. The van der Waals surface area contributed by atoms with Crippen molar-refractivity contribution < 1.29 is 19.2 Å². The van der Waals surface area contributed by atoms with Crippen molar-refractivity contribution in [2.45, 2.75) is 20.3 Å². The van der Waals surface area contributed by atoms with Gasteiger partial charge in [0.05, 0.1) is 11.5 Å². The Hall–Kier alpha value is -4.20. The lowest BCUT2D eigenvalue weighted by molar-refractivity contribution is -0.384. The van der Waals surface area contributed by atoms with E-state index in [1.54, 1.807) is 54.6 Å². The molecule has 170 valence electrons. The third kappa shape index (κ3) is 6.90. The molecule has 3 aromatic carbocycles. The summed E-state index contributed by atoms with van der Waals surface area (Å²) >= 11 is 0. The summed E-state index contributed by atoms with van der Waals surface area (Å²) in [5, 5.41) is 16.3. The van der Waals surface area contributed by atoms with Crippen LogP contribution in [-0.2, 0) is 0 Å². The zero-order valence-corrected chi connectivity index (χ0v) is 18.4. The second-order valence-corrected chi connectivity index (χ2v) is 7.85. The SMILES string of the molecule is CC(C)CCOc1ccc(C(=O)Nc2ccc(C(=O)Nc3cccc([N+](=O)[O-])c3)cc2)cc1. The highest BCUT2D eigenvalue weighted by atomic mass is 16.6. The highest BCUT2D eigenvalue weighted by Crippen LogP contribution is 2.19. The summed E-state index contributed by atoms with van der Waals surface area (Å²) in [5.41, 5.74) is 1.58. The minimum Gasteiger partial charge on any atom is -0.494 e. The van der Waals surface area contributed by atoms with Gasteiger partial charge in [-0.2, -0.15) is 0 Å². The summed E-state index contributed by atoms with van der Waals surface area (Å²) in [5.74, 6) is 0.581. The van der Waals surface area contributed by atoms with Crippen LogP contribution in [0.25, 0.3) is 0 Å². The topological polar surface area (TPSA) is 111 Å². The molecule has 2 N–H and O–H groups in total. The molecule has 0 unspecified atom stereocenters. The number of hydrogen-bond donors (Lipinski definition) is 2. The molecule has 0 saturated heterocycles. The molecule has 3 aromatic rings. The lowest BCUT2D eigenvalue weighted by atomic mass is 10.1. The molecule has 0 heterocycles. The number of nitrogens with one attached hydrogen (secondary N) is 2. The van der Waals surface area contributed by atoms with E-state index in [2.05, 4.69) is 24.5 Å². The number of benzene rings is 3. The molecule has 0 spiro atoms. The number of carbonyl (C=O) groups is 2. The smallest absolute Gasteiger partial charge is 0.271 e. The zero-order chi connectivity index (χ0) is 23.8. The van der Waals surface area contributed by atoms with Gasteiger partial charge >= 0.3 is 0 Å². The lowest BCUT2D eigenvalue weighted by Gasteiger charge is -2.10. The van der Waals surface area contributed by atoms with Crippen molar-refractivity contribution in [3.63, 3.8) is 0 Å². The van der Waals surface area contributed by atoms with Crippen molar-refractivity contribution in [1.29, 1.82) is 0 Å². The van der Waals surface area contributed by atoms with Crippen LogP contribution in [-0.4, -0.2) is 23.3 Å². The number of ether oxygens (including phenoxy) is 1. The van der Waals surface area contributed by atoms with Crippen LogP contribution in [0.4, 0.5) is 17.1 Å². The Morgan fingerprint density at radius 3 is 2.03 bits per heavy atom. The molecule has 0 fully saturated rings. The normalized spacial score (nSPS) is 10.5. The minimum atomic E-state index is -0.527. The number of nitrogens with zero attached hydrogens (tertiary/aromatic N) is 1. The Kier molecular flexibility index (Phi) is 7.75. The first-order valence-electron chi connectivity index (χ1n) is 10.5. The molecule has 8 heteroatoms. The highest BCUT2D eigenvalue weighted by Gasteiger charge is 2.11. The van der Waals surface area contributed by atoms with E-state index in [1.165, 1.54) is 18.2 Å². The lowest BCUT2D eigenvalue weighted by Crippen LogP contribution is -2.14. The summed E-state index contributed by atoms with van der Waals surface area (Å²) in [4.78, 5) is 35.2. The number of amides is 2. The van der Waals surface area contributed by atoms with E-state index in [0.717, 1.165) is 6.42 Å². The van der Waals surface area contributed by atoms with Crippen LogP contribution in [0.2, 0.25) is 0 Å². The van der Waals surface area contributed by atoms with Crippen LogP contribution in [0.5, 0.6) is 5.75 Å². The summed E-state index contributed by atoms with van der Waals surface area (Å²) in [6, 6.07) is 19.0. The molecule has 0 radical (unpaired) electrons. The molecule has 0 aliphatic carbocycles. The fourth-order valence-electron chi connectivity index (χ4n) is 2.92. The molecule has 33 heavy (non-hydrogen) atoms. The molecule has 0 atom stereocenters. The predicted octanol–water partition coefficient (Wildman–Crippen LogP) is 5.52. The van der Waals surface area contributed by atoms with Gasteiger partial charge in [0.15, 0.2) is 0 Å². The average molecular weight is 447 g/mol. The first-order valence-corrected chi connectivity index (χ1v) is 10.5.